The van der Waals surface area contributed by atoms with E-state index in [-0.39, 0.29) is 5.13 Å². The van der Waals surface area contributed by atoms with E-state index in [1.165, 1.54) is 0 Å². The van der Waals surface area contributed by atoms with Crippen molar-refractivity contribution in [3.05, 3.63) is 57.6 Å². The van der Waals surface area contributed by atoms with Crippen molar-refractivity contribution in [1.82, 2.24) is 0 Å². The van der Waals surface area contributed by atoms with E-state index in [1.807, 2.05) is 24.3 Å². The smallest absolute Gasteiger partial charge is 0.185 e. The molecule has 18 heavy (non-hydrogen) atoms. The van der Waals surface area contributed by atoms with Crippen molar-refractivity contribution in [1.29, 1.82) is 0 Å². The Morgan fingerprint density at radius 2 is 1.78 bits per heavy atom. The summed E-state index contributed by atoms with van der Waals surface area (Å²) in [7, 11) is 0. The topological polar surface area (TPSA) is 0 Å². The van der Waals surface area contributed by atoms with Crippen LogP contribution in [0.15, 0.2) is 42.5 Å². The molecule has 1 heterocycles. The first-order valence-electron chi connectivity index (χ1n) is 5.29. The minimum Gasteiger partial charge on any atom is -0.194 e. The maximum Gasteiger partial charge on any atom is 0.185 e. The fourth-order valence-corrected chi connectivity index (χ4v) is 3.40. The van der Waals surface area contributed by atoms with Crippen molar-refractivity contribution >= 4 is 44.6 Å². The second-order valence-electron chi connectivity index (χ2n) is 3.87. The van der Waals surface area contributed by atoms with Crippen LogP contribution in [0.25, 0.3) is 21.2 Å². The minimum absolute atomic E-state index is 0.222. The summed E-state index contributed by atoms with van der Waals surface area (Å²) in [5.74, 6) is 0. The molecule has 0 saturated heterocycles. The lowest BCUT2D eigenvalue weighted by molar-refractivity contribution is 0.661. The first-order chi connectivity index (χ1) is 8.66. The third kappa shape index (κ3) is 1.91. The monoisotopic (exact) mass is 296 g/mol. The van der Waals surface area contributed by atoms with Gasteiger partial charge in [0.05, 0.1) is 5.02 Å². The molecule has 1 aromatic heterocycles. The number of hydrogen-bond acceptors (Lipinski definition) is 1. The molecule has 0 nitrogen and oxygen atoms in total. The standard InChI is InChI=1S/C14H7Cl2FS/c15-8-5-6-9(11(16)7-8)13-10-3-1-2-4-12(10)18-14(13)17/h1-7H. The van der Waals surface area contributed by atoms with E-state index in [1.54, 1.807) is 18.2 Å². The average Bonchev–Trinajstić information content (AvgIpc) is 2.66. The first kappa shape index (κ1) is 12.0. The van der Waals surface area contributed by atoms with E-state index < -0.39 is 0 Å². The Morgan fingerprint density at radius 1 is 1.00 bits per heavy atom. The zero-order valence-corrected chi connectivity index (χ0v) is 11.4. The van der Waals surface area contributed by atoms with Crippen molar-refractivity contribution in [3.63, 3.8) is 0 Å². The third-order valence-corrected chi connectivity index (χ3v) is 4.26. The van der Waals surface area contributed by atoms with Gasteiger partial charge in [-0.25, -0.2) is 0 Å². The van der Waals surface area contributed by atoms with Crippen LogP contribution in [0.1, 0.15) is 0 Å². The zero-order chi connectivity index (χ0) is 12.7. The maximum atomic E-state index is 14.1. The van der Waals surface area contributed by atoms with Gasteiger partial charge in [0.15, 0.2) is 5.13 Å². The van der Waals surface area contributed by atoms with Crippen LogP contribution < -0.4 is 0 Å². The van der Waals surface area contributed by atoms with Crippen LogP contribution >= 0.6 is 34.5 Å². The van der Waals surface area contributed by atoms with Crippen molar-refractivity contribution in [2.75, 3.05) is 0 Å². The molecular weight excluding hydrogens is 290 g/mol. The van der Waals surface area contributed by atoms with Crippen LogP contribution in [0.3, 0.4) is 0 Å². The van der Waals surface area contributed by atoms with Crippen molar-refractivity contribution < 1.29 is 4.39 Å². The van der Waals surface area contributed by atoms with E-state index in [4.69, 9.17) is 23.2 Å². The molecule has 0 atom stereocenters. The highest BCUT2D eigenvalue weighted by molar-refractivity contribution is 7.18. The Kier molecular flexibility index (Phi) is 3.02. The quantitative estimate of drug-likeness (QED) is 0.515. The van der Waals surface area contributed by atoms with Crippen LogP contribution in [0.5, 0.6) is 0 Å². The summed E-state index contributed by atoms with van der Waals surface area (Å²) in [6.45, 7) is 0. The second kappa shape index (κ2) is 4.54. The Labute approximate surface area is 118 Å². The fraction of sp³-hybridized carbons (Fsp3) is 0. The van der Waals surface area contributed by atoms with Crippen LogP contribution in [0.2, 0.25) is 10.0 Å². The molecule has 0 spiro atoms. The van der Waals surface area contributed by atoms with Gasteiger partial charge in [0.25, 0.3) is 0 Å². The highest BCUT2D eigenvalue weighted by atomic mass is 35.5. The van der Waals surface area contributed by atoms with E-state index in [2.05, 4.69) is 0 Å². The van der Waals surface area contributed by atoms with Crippen LogP contribution in [0.4, 0.5) is 4.39 Å². The molecule has 0 N–H and O–H groups in total. The van der Waals surface area contributed by atoms with Crippen LogP contribution in [-0.2, 0) is 0 Å². The Balaban J connectivity index is 2.34. The average molecular weight is 297 g/mol. The molecular formula is C14H7Cl2FS. The van der Waals surface area contributed by atoms with Crippen LogP contribution in [0, 0.1) is 5.13 Å². The Hall–Kier alpha value is -1.09. The van der Waals surface area contributed by atoms with E-state index in [0.29, 0.717) is 21.2 Å². The van der Waals surface area contributed by atoms with Gasteiger partial charge in [-0.3, -0.25) is 0 Å². The predicted octanol–water partition coefficient (Wildman–Crippen LogP) is 6.01. The number of rotatable bonds is 1. The molecule has 0 unspecified atom stereocenters. The number of thiophene rings is 1. The summed E-state index contributed by atoms with van der Waals surface area (Å²) in [5, 5.41) is 1.67. The molecule has 2 aromatic carbocycles. The van der Waals surface area contributed by atoms with Gasteiger partial charge in [-0.2, -0.15) is 4.39 Å². The lowest BCUT2D eigenvalue weighted by Gasteiger charge is -2.04. The van der Waals surface area contributed by atoms with E-state index in [0.717, 1.165) is 21.4 Å². The number of benzene rings is 2. The molecule has 0 aliphatic heterocycles. The number of halogens is 3. The van der Waals surface area contributed by atoms with Crippen LogP contribution in [-0.4, -0.2) is 0 Å². The number of hydrogen-bond donors (Lipinski definition) is 0. The largest absolute Gasteiger partial charge is 0.194 e. The molecule has 0 bridgehead atoms. The normalized spacial score (nSPS) is 11.1. The predicted molar refractivity (Wildman–Crippen MR) is 77.2 cm³/mol. The van der Waals surface area contributed by atoms with E-state index in [9.17, 15) is 4.39 Å². The van der Waals surface area contributed by atoms with Crippen molar-refractivity contribution in [3.8, 4) is 11.1 Å². The summed E-state index contributed by atoms with van der Waals surface area (Å²) < 4.78 is 15.0. The Bertz CT molecular complexity index is 734. The molecule has 3 aromatic rings. The molecule has 0 aliphatic carbocycles. The van der Waals surface area contributed by atoms with Crippen molar-refractivity contribution in [2.45, 2.75) is 0 Å². The minimum atomic E-state index is -0.222. The van der Waals surface area contributed by atoms with Gasteiger partial charge >= 0.3 is 0 Å². The van der Waals surface area contributed by atoms with Gasteiger partial charge in [0, 0.05) is 26.2 Å². The summed E-state index contributed by atoms with van der Waals surface area (Å²) >= 11 is 13.1. The highest BCUT2D eigenvalue weighted by Crippen LogP contribution is 2.40. The first-order valence-corrected chi connectivity index (χ1v) is 6.86. The van der Waals surface area contributed by atoms with Gasteiger partial charge in [0.2, 0.25) is 0 Å². The SMILES string of the molecule is Fc1sc2ccccc2c1-c1ccc(Cl)cc1Cl. The third-order valence-electron chi connectivity index (χ3n) is 2.75. The Morgan fingerprint density at radius 3 is 2.56 bits per heavy atom. The molecule has 0 aliphatic rings. The second-order valence-corrected chi connectivity index (χ2v) is 5.72. The summed E-state index contributed by atoms with van der Waals surface area (Å²) in [6, 6.07) is 12.7. The summed E-state index contributed by atoms with van der Waals surface area (Å²) in [6.07, 6.45) is 0. The van der Waals surface area contributed by atoms with Gasteiger partial charge in [-0.15, -0.1) is 11.3 Å². The molecule has 4 heteroatoms. The molecule has 0 saturated carbocycles. The van der Waals surface area contributed by atoms with Gasteiger partial charge in [-0.1, -0.05) is 47.5 Å². The molecule has 0 fully saturated rings. The lowest BCUT2D eigenvalue weighted by atomic mass is 10.0. The molecule has 90 valence electrons. The highest BCUT2D eigenvalue weighted by Gasteiger charge is 2.16. The summed E-state index contributed by atoms with van der Waals surface area (Å²) in [5.41, 5.74) is 1.23. The lowest BCUT2D eigenvalue weighted by Crippen LogP contribution is -1.81. The zero-order valence-electron chi connectivity index (χ0n) is 9.08. The van der Waals surface area contributed by atoms with Gasteiger partial charge in [-0.05, 0) is 18.2 Å². The number of fused-ring (bicyclic) bond motifs is 1. The maximum absolute atomic E-state index is 14.1. The molecule has 0 radical (unpaired) electrons. The van der Waals surface area contributed by atoms with Gasteiger partial charge in [0.1, 0.15) is 0 Å². The van der Waals surface area contributed by atoms with Crippen molar-refractivity contribution in [2.24, 2.45) is 0 Å². The van der Waals surface area contributed by atoms with Gasteiger partial charge < -0.3 is 0 Å². The fourth-order valence-electron chi connectivity index (χ4n) is 1.96. The summed E-state index contributed by atoms with van der Waals surface area (Å²) in [4.78, 5) is 0. The molecule has 0 amide bonds. The molecule has 3 rings (SSSR count). The van der Waals surface area contributed by atoms with E-state index >= 15 is 0 Å².